The average molecular weight is 235 g/mol. The quantitative estimate of drug-likeness (QED) is 0.640. The van der Waals surface area contributed by atoms with Crippen molar-refractivity contribution < 1.29 is 42.3 Å². The van der Waals surface area contributed by atoms with E-state index in [2.05, 4.69) is 0 Å². The van der Waals surface area contributed by atoms with Gasteiger partial charge in [0.1, 0.15) is 0 Å². The molecule has 0 fully saturated rings. The molecule has 0 amide bonds. The first kappa shape index (κ1) is 11.7. The zero-order valence-corrected chi connectivity index (χ0v) is 5.86. The van der Waals surface area contributed by atoms with Gasteiger partial charge in [0, 0.05) is 6.92 Å². The first-order valence-electron chi connectivity index (χ1n) is 1.65. The van der Waals surface area contributed by atoms with Crippen LogP contribution in [0.4, 0.5) is 13.2 Å². The Morgan fingerprint density at radius 1 is 1.56 bits per heavy atom. The van der Waals surface area contributed by atoms with Crippen LogP contribution in [0.5, 0.6) is 0 Å². The number of rotatable bonds is 0. The van der Waals surface area contributed by atoms with Gasteiger partial charge >= 0.3 is 37.0 Å². The van der Waals surface area contributed by atoms with Crippen LogP contribution in [0, 0.1) is 0 Å². The summed E-state index contributed by atoms with van der Waals surface area (Å²) >= 11 is 1.14. The van der Waals surface area contributed by atoms with E-state index >= 15 is 0 Å². The number of hydrogen-bond acceptors (Lipinski definition) is 1. The van der Waals surface area contributed by atoms with E-state index < -0.39 is 10.6 Å². The van der Waals surface area contributed by atoms with Crippen molar-refractivity contribution in [1.29, 1.82) is 0 Å². The predicted molar refractivity (Wildman–Crippen MR) is 19.4 cm³/mol. The molecule has 0 aliphatic heterocycles. The molecular formula is C3H4F3O2Pd. The molecule has 9 heavy (non-hydrogen) atoms. The van der Waals surface area contributed by atoms with Crippen molar-refractivity contribution >= 4 is 5.97 Å². The summed E-state index contributed by atoms with van der Waals surface area (Å²) in [5, 5.41) is 7.42. The van der Waals surface area contributed by atoms with Gasteiger partial charge in [-0.05, 0) is 0 Å². The molecule has 0 unspecified atom stereocenters. The topological polar surface area (TPSA) is 37.3 Å². The molecule has 0 aliphatic rings. The SMILES string of the molecule is CC(=O)O.F[C](F)(F)[Pd]. The van der Waals surface area contributed by atoms with E-state index in [0.717, 1.165) is 26.1 Å². The Hall–Kier alpha value is -0.0777. The van der Waals surface area contributed by atoms with Gasteiger partial charge in [0.15, 0.2) is 0 Å². The molecule has 0 aromatic carbocycles. The van der Waals surface area contributed by atoms with Crippen molar-refractivity contribution in [1.82, 2.24) is 0 Å². The average Bonchev–Trinajstić information content (AvgIpc) is 1.19. The van der Waals surface area contributed by atoms with Gasteiger partial charge in [0.05, 0.1) is 0 Å². The van der Waals surface area contributed by atoms with Crippen LogP contribution in [0.15, 0.2) is 0 Å². The summed E-state index contributed by atoms with van der Waals surface area (Å²) in [4.78, 5) is 9.00. The molecule has 0 saturated carbocycles. The molecule has 0 rings (SSSR count). The van der Waals surface area contributed by atoms with Crippen molar-refractivity contribution in [2.45, 2.75) is 11.6 Å². The van der Waals surface area contributed by atoms with Gasteiger partial charge in [0.2, 0.25) is 0 Å². The Morgan fingerprint density at radius 2 is 1.56 bits per heavy atom. The summed E-state index contributed by atoms with van der Waals surface area (Å²) in [5.74, 6) is -0.833. The van der Waals surface area contributed by atoms with Crippen LogP contribution >= 0.6 is 0 Å². The number of alkyl halides is 3. The monoisotopic (exact) mass is 235 g/mol. The minimum absolute atomic E-state index is 0.833. The fourth-order valence-electron chi connectivity index (χ4n) is 0. The fourth-order valence-corrected chi connectivity index (χ4v) is 0. The molecule has 0 radical (unpaired) electrons. The fraction of sp³-hybridized carbons (Fsp3) is 0.667. The standard InChI is InChI=1S/C2H4O2.CF3.Pd/c1-2(3)4;2-1(3)4;/h1H3,(H,3,4);;. The molecule has 0 spiro atoms. The number of carboxylic acids is 1. The molecule has 0 aromatic heterocycles. The van der Waals surface area contributed by atoms with Crippen LogP contribution < -0.4 is 0 Å². The molecule has 0 atom stereocenters. The molecule has 0 aromatic rings. The number of aliphatic carboxylic acids is 1. The van der Waals surface area contributed by atoms with Gasteiger partial charge in [-0.15, -0.1) is 0 Å². The molecule has 59 valence electrons. The normalized spacial score (nSPS) is 9.56. The molecule has 0 aliphatic carbocycles. The zero-order valence-electron chi connectivity index (χ0n) is 4.31. The summed E-state index contributed by atoms with van der Waals surface area (Å²) in [7, 11) is 0. The first-order valence-corrected chi connectivity index (χ1v) is 2.43. The Morgan fingerprint density at radius 3 is 1.56 bits per heavy atom. The van der Waals surface area contributed by atoms with E-state index in [1.165, 1.54) is 0 Å². The number of carboxylic acid groups (broad SMARTS) is 1. The third-order valence-corrected chi connectivity index (χ3v) is 0. The Kier molecular flexibility index (Phi) is 6.19. The maximum absolute atomic E-state index is 10.3. The predicted octanol–water partition coefficient (Wildman–Crippen LogP) is 1.14. The third kappa shape index (κ3) is 46100. The van der Waals surface area contributed by atoms with Gasteiger partial charge < -0.3 is 5.11 Å². The summed E-state index contributed by atoms with van der Waals surface area (Å²) in [6.45, 7) is 1.08. The van der Waals surface area contributed by atoms with Crippen LogP contribution in [0.2, 0.25) is 0 Å². The van der Waals surface area contributed by atoms with Crippen molar-refractivity contribution in [2.75, 3.05) is 0 Å². The summed E-state index contributed by atoms with van der Waals surface area (Å²) in [5.41, 5.74) is 0. The molecule has 2 nitrogen and oxygen atoms in total. The van der Waals surface area contributed by atoms with Gasteiger partial charge in [-0.25, -0.2) is 0 Å². The van der Waals surface area contributed by atoms with E-state index in [1.54, 1.807) is 0 Å². The molecule has 0 saturated heterocycles. The second kappa shape index (κ2) is 4.77. The molecule has 6 heteroatoms. The van der Waals surface area contributed by atoms with E-state index in [1.807, 2.05) is 0 Å². The third-order valence-electron chi connectivity index (χ3n) is 0. The van der Waals surface area contributed by atoms with E-state index in [0.29, 0.717) is 0 Å². The number of hydrogen-bond donors (Lipinski definition) is 1. The molecule has 1 N–H and O–H groups in total. The van der Waals surface area contributed by atoms with Gasteiger partial charge in [-0.1, -0.05) is 0 Å². The van der Waals surface area contributed by atoms with Crippen LogP contribution in [-0.4, -0.2) is 15.7 Å². The van der Waals surface area contributed by atoms with E-state index in [-0.39, 0.29) is 0 Å². The molecule has 0 heterocycles. The van der Waals surface area contributed by atoms with E-state index in [4.69, 9.17) is 9.90 Å². The number of carbonyl (C=O) groups is 1. The zero-order chi connectivity index (χ0) is 8.08. The van der Waals surface area contributed by atoms with Crippen LogP contribution in [-0.2, 0) is 24.0 Å². The maximum atomic E-state index is 10.3. The van der Waals surface area contributed by atoms with Crippen molar-refractivity contribution in [2.24, 2.45) is 0 Å². The van der Waals surface area contributed by atoms with Crippen LogP contribution in [0.25, 0.3) is 0 Å². The minimum atomic E-state index is -4.15. The Bertz CT molecular complexity index is 79.5. The van der Waals surface area contributed by atoms with Crippen LogP contribution in [0.3, 0.4) is 0 Å². The second-order valence-electron chi connectivity index (χ2n) is 0.913. The summed E-state index contributed by atoms with van der Waals surface area (Å²) in [6.07, 6.45) is 0. The summed E-state index contributed by atoms with van der Waals surface area (Å²) < 4.78 is 26.7. The summed E-state index contributed by atoms with van der Waals surface area (Å²) in [6, 6.07) is 0. The van der Waals surface area contributed by atoms with Crippen molar-refractivity contribution in [3.63, 3.8) is 0 Å². The first-order chi connectivity index (χ1) is 3.73. The van der Waals surface area contributed by atoms with Gasteiger partial charge in [-0.2, -0.15) is 0 Å². The van der Waals surface area contributed by atoms with Gasteiger partial charge in [-0.3, -0.25) is 4.79 Å². The second-order valence-corrected chi connectivity index (χ2v) is 1.79. The Balaban J connectivity index is 0. The Labute approximate surface area is 60.5 Å². The van der Waals surface area contributed by atoms with Crippen molar-refractivity contribution in [3.8, 4) is 0 Å². The molecular weight excluding hydrogens is 231 g/mol. The van der Waals surface area contributed by atoms with Crippen LogP contribution in [0.1, 0.15) is 6.92 Å². The number of halogens is 3. The van der Waals surface area contributed by atoms with Crippen molar-refractivity contribution in [3.05, 3.63) is 0 Å². The van der Waals surface area contributed by atoms with E-state index in [9.17, 15) is 13.2 Å². The molecule has 0 bridgehead atoms. The van der Waals surface area contributed by atoms with Gasteiger partial charge in [0.25, 0.3) is 5.97 Å².